The smallest absolute Gasteiger partial charge is 0.266 e. The van der Waals surface area contributed by atoms with E-state index in [0.717, 1.165) is 11.3 Å². The summed E-state index contributed by atoms with van der Waals surface area (Å²) >= 11 is 0. The Balaban J connectivity index is 1.73. The molecule has 6 heteroatoms. The molecule has 0 fully saturated rings. The number of nitriles is 1. The maximum Gasteiger partial charge on any atom is 0.266 e. The van der Waals surface area contributed by atoms with Crippen LogP contribution in [0.1, 0.15) is 5.56 Å². The molecule has 4 aromatic rings. The number of nitrogens with zero attached hydrogens (tertiary/aromatic N) is 3. The lowest BCUT2D eigenvalue weighted by Crippen LogP contribution is -2.13. The lowest BCUT2D eigenvalue weighted by Gasteiger charge is -2.04. The highest BCUT2D eigenvalue weighted by molar-refractivity contribution is 6.10. The standard InChI is InChI=1S/C25H17FN4O/c26-21-11-13-22(14-12-21)28-25(31)19(16-27)15-20-17-30(23-9-5-2-6-10-23)29-24(20)18-7-3-1-4-8-18/h1-15,17H,(H,28,31). The monoisotopic (exact) mass is 408 g/mol. The van der Waals surface area contributed by atoms with Crippen molar-refractivity contribution in [1.29, 1.82) is 5.26 Å². The first kappa shape index (κ1) is 19.8. The molecule has 0 saturated carbocycles. The van der Waals surface area contributed by atoms with Gasteiger partial charge in [0.25, 0.3) is 5.91 Å². The van der Waals surface area contributed by atoms with Gasteiger partial charge in [-0.1, -0.05) is 48.5 Å². The molecule has 4 rings (SSSR count). The second-order valence-electron chi connectivity index (χ2n) is 6.71. The zero-order chi connectivity index (χ0) is 21.6. The summed E-state index contributed by atoms with van der Waals surface area (Å²) < 4.78 is 14.8. The van der Waals surface area contributed by atoms with Crippen molar-refractivity contribution in [2.24, 2.45) is 0 Å². The molecule has 0 aliphatic rings. The van der Waals surface area contributed by atoms with Crippen LogP contribution in [-0.4, -0.2) is 15.7 Å². The van der Waals surface area contributed by atoms with Crippen LogP contribution in [0.4, 0.5) is 10.1 Å². The third-order valence-corrected chi connectivity index (χ3v) is 4.58. The number of nitrogens with one attached hydrogen (secondary N) is 1. The van der Waals surface area contributed by atoms with Crippen LogP contribution < -0.4 is 5.32 Å². The lowest BCUT2D eigenvalue weighted by atomic mass is 10.1. The van der Waals surface area contributed by atoms with Crippen molar-refractivity contribution in [2.75, 3.05) is 5.32 Å². The molecule has 0 saturated heterocycles. The summed E-state index contributed by atoms with van der Waals surface area (Å²) in [5, 5.41) is 16.9. The van der Waals surface area contributed by atoms with Crippen LogP contribution in [0, 0.1) is 17.1 Å². The highest BCUT2D eigenvalue weighted by atomic mass is 19.1. The molecule has 1 amide bonds. The molecule has 1 aromatic heterocycles. The average Bonchev–Trinajstić information content (AvgIpc) is 3.24. The summed E-state index contributed by atoms with van der Waals surface area (Å²) in [4.78, 5) is 12.6. The number of benzene rings is 3. The van der Waals surface area contributed by atoms with Crippen molar-refractivity contribution in [3.8, 4) is 23.0 Å². The number of rotatable bonds is 5. The molecular formula is C25H17FN4O. The largest absolute Gasteiger partial charge is 0.321 e. The van der Waals surface area contributed by atoms with Crippen molar-refractivity contribution < 1.29 is 9.18 Å². The zero-order valence-electron chi connectivity index (χ0n) is 16.4. The summed E-state index contributed by atoms with van der Waals surface area (Å²) in [6.45, 7) is 0. The Labute approximate surface area is 178 Å². The first-order chi connectivity index (χ1) is 15.1. The van der Waals surface area contributed by atoms with E-state index in [1.165, 1.54) is 30.3 Å². The van der Waals surface area contributed by atoms with Crippen LogP contribution in [-0.2, 0) is 4.79 Å². The predicted octanol–water partition coefficient (Wildman–Crippen LogP) is 5.22. The Hall–Kier alpha value is -4.50. The van der Waals surface area contributed by atoms with Gasteiger partial charge in [-0.05, 0) is 42.5 Å². The fourth-order valence-corrected chi connectivity index (χ4v) is 3.06. The number of hydrogen-bond acceptors (Lipinski definition) is 3. The van der Waals surface area contributed by atoms with E-state index in [0.29, 0.717) is 16.9 Å². The fraction of sp³-hybridized carbons (Fsp3) is 0. The van der Waals surface area contributed by atoms with Crippen LogP contribution >= 0.6 is 0 Å². The maximum absolute atomic E-state index is 13.1. The molecule has 150 valence electrons. The Morgan fingerprint density at radius 2 is 1.61 bits per heavy atom. The summed E-state index contributed by atoms with van der Waals surface area (Å²) in [6.07, 6.45) is 3.29. The number of carbonyl (C=O) groups is 1. The van der Waals surface area contributed by atoms with E-state index in [1.807, 2.05) is 66.7 Å². The highest BCUT2D eigenvalue weighted by Crippen LogP contribution is 2.26. The van der Waals surface area contributed by atoms with Crippen molar-refractivity contribution >= 4 is 17.7 Å². The first-order valence-electron chi connectivity index (χ1n) is 9.53. The van der Waals surface area contributed by atoms with Gasteiger partial charge in [0.2, 0.25) is 0 Å². The number of para-hydroxylation sites is 1. The molecule has 5 nitrogen and oxygen atoms in total. The van der Waals surface area contributed by atoms with Crippen molar-refractivity contribution in [2.45, 2.75) is 0 Å². The Kier molecular flexibility index (Phi) is 5.68. The molecule has 0 spiro atoms. The SMILES string of the molecule is N#CC(=Cc1cn(-c2ccccc2)nc1-c1ccccc1)C(=O)Nc1ccc(F)cc1. The zero-order valence-corrected chi connectivity index (χ0v) is 16.4. The Bertz CT molecular complexity index is 1270. The van der Waals surface area contributed by atoms with E-state index < -0.39 is 11.7 Å². The topological polar surface area (TPSA) is 70.7 Å². The summed E-state index contributed by atoms with van der Waals surface area (Å²) in [7, 11) is 0. The van der Waals surface area contributed by atoms with E-state index in [2.05, 4.69) is 10.4 Å². The van der Waals surface area contributed by atoms with Crippen molar-refractivity contribution in [3.05, 3.63) is 108 Å². The predicted molar refractivity (Wildman–Crippen MR) is 118 cm³/mol. The van der Waals surface area contributed by atoms with Gasteiger partial charge in [-0.25, -0.2) is 9.07 Å². The Morgan fingerprint density at radius 1 is 0.968 bits per heavy atom. The second-order valence-corrected chi connectivity index (χ2v) is 6.71. The molecule has 0 unspecified atom stereocenters. The van der Waals surface area contributed by atoms with Gasteiger partial charge in [-0.2, -0.15) is 10.4 Å². The number of halogens is 1. The van der Waals surface area contributed by atoms with Crippen LogP contribution in [0.3, 0.4) is 0 Å². The maximum atomic E-state index is 13.1. The van der Waals surface area contributed by atoms with Crippen LogP contribution in [0.15, 0.2) is 96.7 Å². The minimum atomic E-state index is -0.583. The fourth-order valence-electron chi connectivity index (χ4n) is 3.06. The highest BCUT2D eigenvalue weighted by Gasteiger charge is 2.15. The van der Waals surface area contributed by atoms with Crippen LogP contribution in [0.25, 0.3) is 23.0 Å². The van der Waals surface area contributed by atoms with Gasteiger partial charge >= 0.3 is 0 Å². The lowest BCUT2D eigenvalue weighted by molar-refractivity contribution is -0.112. The molecule has 0 aliphatic heterocycles. The van der Waals surface area contributed by atoms with Gasteiger partial charge in [0, 0.05) is 23.0 Å². The van der Waals surface area contributed by atoms with Crippen LogP contribution in [0.2, 0.25) is 0 Å². The average molecular weight is 408 g/mol. The van der Waals surface area contributed by atoms with Gasteiger partial charge in [0.05, 0.1) is 11.4 Å². The Morgan fingerprint density at radius 3 is 2.26 bits per heavy atom. The molecule has 0 aliphatic carbocycles. The quantitative estimate of drug-likeness (QED) is 0.363. The molecule has 31 heavy (non-hydrogen) atoms. The third kappa shape index (κ3) is 4.57. The van der Waals surface area contributed by atoms with Gasteiger partial charge in [0.1, 0.15) is 17.5 Å². The number of hydrogen-bond donors (Lipinski definition) is 1. The van der Waals surface area contributed by atoms with Gasteiger partial charge in [-0.3, -0.25) is 4.79 Å². The van der Waals surface area contributed by atoms with Gasteiger partial charge in [-0.15, -0.1) is 0 Å². The summed E-state index contributed by atoms with van der Waals surface area (Å²) in [5.74, 6) is -0.990. The minimum absolute atomic E-state index is 0.0888. The van der Waals surface area contributed by atoms with E-state index >= 15 is 0 Å². The van der Waals surface area contributed by atoms with E-state index in [1.54, 1.807) is 10.9 Å². The normalized spacial score (nSPS) is 11.0. The van der Waals surface area contributed by atoms with Crippen molar-refractivity contribution in [3.63, 3.8) is 0 Å². The van der Waals surface area contributed by atoms with E-state index in [4.69, 9.17) is 0 Å². The molecule has 0 atom stereocenters. The molecule has 0 bridgehead atoms. The summed E-state index contributed by atoms with van der Waals surface area (Å²) in [5.41, 5.74) is 3.30. The van der Waals surface area contributed by atoms with Gasteiger partial charge in [0.15, 0.2) is 0 Å². The van der Waals surface area contributed by atoms with Gasteiger partial charge < -0.3 is 5.32 Å². The third-order valence-electron chi connectivity index (χ3n) is 4.58. The molecule has 1 N–H and O–H groups in total. The number of aromatic nitrogens is 2. The minimum Gasteiger partial charge on any atom is -0.321 e. The van der Waals surface area contributed by atoms with E-state index in [-0.39, 0.29) is 5.57 Å². The van der Waals surface area contributed by atoms with E-state index in [9.17, 15) is 14.4 Å². The molecule has 0 radical (unpaired) electrons. The second kappa shape index (κ2) is 8.89. The molecule has 1 heterocycles. The van der Waals surface area contributed by atoms with Crippen molar-refractivity contribution in [1.82, 2.24) is 9.78 Å². The van der Waals surface area contributed by atoms with Crippen LogP contribution in [0.5, 0.6) is 0 Å². The number of amides is 1. The molecule has 3 aromatic carbocycles. The molecular weight excluding hydrogens is 391 g/mol. The number of anilines is 1. The summed E-state index contributed by atoms with van der Waals surface area (Å²) in [6, 6.07) is 26.4. The number of carbonyl (C=O) groups excluding carboxylic acids is 1. The first-order valence-corrected chi connectivity index (χ1v) is 9.53.